The summed E-state index contributed by atoms with van der Waals surface area (Å²) in [7, 11) is 0. The lowest BCUT2D eigenvalue weighted by Crippen LogP contribution is -2.39. The number of nitrogens with zero attached hydrogens (tertiary/aromatic N) is 1. The van der Waals surface area contributed by atoms with Gasteiger partial charge in [0.25, 0.3) is 0 Å². The van der Waals surface area contributed by atoms with Crippen molar-refractivity contribution in [3.63, 3.8) is 0 Å². The molecule has 0 saturated carbocycles. The SMILES string of the molecule is O=C(/C=C/c1cccc(F)c1)N1CCOCC1. The number of hydrogen-bond acceptors (Lipinski definition) is 2. The van der Waals surface area contributed by atoms with E-state index in [1.54, 1.807) is 23.1 Å². The van der Waals surface area contributed by atoms with Gasteiger partial charge in [-0.2, -0.15) is 0 Å². The maximum Gasteiger partial charge on any atom is 0.246 e. The number of carbonyl (C=O) groups excluding carboxylic acids is 1. The van der Waals surface area contributed by atoms with E-state index in [0.717, 1.165) is 0 Å². The Bertz CT molecular complexity index is 425. The molecule has 2 rings (SSSR count). The second-order valence-electron chi connectivity index (χ2n) is 3.83. The number of morpholine rings is 1. The van der Waals surface area contributed by atoms with E-state index in [-0.39, 0.29) is 11.7 Å². The molecule has 0 aliphatic carbocycles. The van der Waals surface area contributed by atoms with Crippen LogP contribution in [0.3, 0.4) is 0 Å². The van der Waals surface area contributed by atoms with E-state index in [9.17, 15) is 9.18 Å². The lowest BCUT2D eigenvalue weighted by atomic mass is 10.2. The third-order valence-corrected chi connectivity index (χ3v) is 2.59. The molecule has 1 heterocycles. The second kappa shape index (κ2) is 5.59. The molecule has 0 bridgehead atoms. The molecule has 90 valence electrons. The average Bonchev–Trinajstić information content (AvgIpc) is 2.37. The Kier molecular flexibility index (Phi) is 3.88. The van der Waals surface area contributed by atoms with E-state index in [0.29, 0.717) is 31.9 Å². The van der Waals surface area contributed by atoms with Crippen LogP contribution in [0.15, 0.2) is 30.3 Å². The van der Waals surface area contributed by atoms with E-state index >= 15 is 0 Å². The number of rotatable bonds is 2. The summed E-state index contributed by atoms with van der Waals surface area (Å²) in [5.74, 6) is -0.358. The van der Waals surface area contributed by atoms with Crippen LogP contribution in [-0.2, 0) is 9.53 Å². The van der Waals surface area contributed by atoms with Crippen LogP contribution in [0.2, 0.25) is 0 Å². The molecule has 0 unspecified atom stereocenters. The Morgan fingerprint density at radius 1 is 1.35 bits per heavy atom. The largest absolute Gasteiger partial charge is 0.378 e. The molecular weight excluding hydrogens is 221 g/mol. The monoisotopic (exact) mass is 235 g/mol. The minimum atomic E-state index is -0.300. The van der Waals surface area contributed by atoms with Crippen molar-refractivity contribution < 1.29 is 13.9 Å². The average molecular weight is 235 g/mol. The fourth-order valence-corrected chi connectivity index (χ4v) is 1.67. The zero-order valence-electron chi connectivity index (χ0n) is 9.43. The molecule has 3 nitrogen and oxygen atoms in total. The third-order valence-electron chi connectivity index (χ3n) is 2.59. The fourth-order valence-electron chi connectivity index (χ4n) is 1.67. The van der Waals surface area contributed by atoms with Crippen molar-refractivity contribution in [3.8, 4) is 0 Å². The minimum Gasteiger partial charge on any atom is -0.378 e. The van der Waals surface area contributed by atoms with Gasteiger partial charge in [0.05, 0.1) is 13.2 Å². The van der Waals surface area contributed by atoms with Gasteiger partial charge in [0.15, 0.2) is 0 Å². The van der Waals surface area contributed by atoms with Gasteiger partial charge in [0.1, 0.15) is 5.82 Å². The van der Waals surface area contributed by atoms with Gasteiger partial charge in [0, 0.05) is 19.2 Å². The molecule has 0 spiro atoms. The Balaban J connectivity index is 1.97. The minimum absolute atomic E-state index is 0.0578. The zero-order chi connectivity index (χ0) is 12.1. The first-order chi connectivity index (χ1) is 8.25. The van der Waals surface area contributed by atoms with Crippen molar-refractivity contribution in [1.82, 2.24) is 4.90 Å². The summed E-state index contributed by atoms with van der Waals surface area (Å²) in [6, 6.07) is 6.14. The Morgan fingerprint density at radius 3 is 2.82 bits per heavy atom. The van der Waals surface area contributed by atoms with Gasteiger partial charge in [-0.05, 0) is 23.8 Å². The summed E-state index contributed by atoms with van der Waals surface area (Å²) in [5.41, 5.74) is 0.687. The number of amides is 1. The van der Waals surface area contributed by atoms with Crippen molar-refractivity contribution >= 4 is 12.0 Å². The molecule has 1 aromatic rings. The molecule has 0 aromatic heterocycles. The van der Waals surface area contributed by atoms with E-state index in [1.165, 1.54) is 18.2 Å². The molecule has 1 aromatic carbocycles. The molecule has 0 atom stereocenters. The van der Waals surface area contributed by atoms with Gasteiger partial charge >= 0.3 is 0 Å². The van der Waals surface area contributed by atoms with Crippen LogP contribution in [-0.4, -0.2) is 37.1 Å². The van der Waals surface area contributed by atoms with Crippen LogP contribution in [0.5, 0.6) is 0 Å². The van der Waals surface area contributed by atoms with E-state index in [2.05, 4.69) is 0 Å². The molecular formula is C13H14FNO2. The first-order valence-corrected chi connectivity index (χ1v) is 5.56. The topological polar surface area (TPSA) is 29.5 Å². The predicted octanol–water partition coefficient (Wildman–Crippen LogP) is 1.70. The Hall–Kier alpha value is -1.68. The summed E-state index contributed by atoms with van der Waals surface area (Å²) in [5, 5.41) is 0. The summed E-state index contributed by atoms with van der Waals surface area (Å²) in [4.78, 5) is 13.5. The number of hydrogen-bond donors (Lipinski definition) is 0. The highest BCUT2D eigenvalue weighted by molar-refractivity contribution is 5.91. The Labute approximate surface area is 99.5 Å². The first kappa shape index (κ1) is 11.8. The van der Waals surface area contributed by atoms with Gasteiger partial charge in [-0.25, -0.2) is 4.39 Å². The number of ether oxygens (including phenoxy) is 1. The van der Waals surface area contributed by atoms with Crippen LogP contribution in [0, 0.1) is 5.82 Å². The quantitative estimate of drug-likeness (QED) is 0.730. The number of carbonyl (C=O) groups is 1. The molecule has 0 N–H and O–H groups in total. The molecule has 1 fully saturated rings. The van der Waals surface area contributed by atoms with Gasteiger partial charge in [-0.3, -0.25) is 4.79 Å². The van der Waals surface area contributed by atoms with Crippen LogP contribution in [0.4, 0.5) is 4.39 Å². The van der Waals surface area contributed by atoms with Crippen LogP contribution < -0.4 is 0 Å². The summed E-state index contributed by atoms with van der Waals surface area (Å²) >= 11 is 0. The van der Waals surface area contributed by atoms with Gasteiger partial charge < -0.3 is 9.64 Å². The van der Waals surface area contributed by atoms with Crippen molar-refractivity contribution in [2.45, 2.75) is 0 Å². The smallest absolute Gasteiger partial charge is 0.246 e. The van der Waals surface area contributed by atoms with Crippen molar-refractivity contribution in [2.75, 3.05) is 26.3 Å². The maximum absolute atomic E-state index is 12.9. The molecule has 17 heavy (non-hydrogen) atoms. The first-order valence-electron chi connectivity index (χ1n) is 5.56. The van der Waals surface area contributed by atoms with Crippen molar-refractivity contribution in [3.05, 3.63) is 41.7 Å². The maximum atomic E-state index is 12.9. The Morgan fingerprint density at radius 2 is 2.12 bits per heavy atom. The predicted molar refractivity (Wildman–Crippen MR) is 62.8 cm³/mol. The molecule has 4 heteroatoms. The third kappa shape index (κ3) is 3.39. The summed E-state index contributed by atoms with van der Waals surface area (Å²) < 4.78 is 18.1. The van der Waals surface area contributed by atoms with Gasteiger partial charge in [-0.15, -0.1) is 0 Å². The van der Waals surface area contributed by atoms with Crippen LogP contribution in [0.25, 0.3) is 6.08 Å². The zero-order valence-corrected chi connectivity index (χ0v) is 9.43. The normalized spacial score (nSPS) is 16.4. The molecule has 0 radical (unpaired) electrons. The van der Waals surface area contributed by atoms with Crippen LogP contribution >= 0.6 is 0 Å². The lowest BCUT2D eigenvalue weighted by Gasteiger charge is -2.25. The standard InChI is InChI=1S/C13H14FNO2/c14-12-3-1-2-11(10-12)4-5-13(16)15-6-8-17-9-7-15/h1-5,10H,6-9H2/b5-4+. The number of benzene rings is 1. The van der Waals surface area contributed by atoms with Gasteiger partial charge in [-0.1, -0.05) is 12.1 Å². The number of halogens is 1. The van der Waals surface area contributed by atoms with E-state index < -0.39 is 0 Å². The highest BCUT2D eigenvalue weighted by Gasteiger charge is 2.13. The highest BCUT2D eigenvalue weighted by Crippen LogP contribution is 2.06. The highest BCUT2D eigenvalue weighted by atomic mass is 19.1. The molecule has 1 aliphatic heterocycles. The fraction of sp³-hybridized carbons (Fsp3) is 0.308. The van der Waals surface area contributed by atoms with Gasteiger partial charge in [0.2, 0.25) is 5.91 Å². The van der Waals surface area contributed by atoms with Crippen LogP contribution in [0.1, 0.15) is 5.56 Å². The second-order valence-corrected chi connectivity index (χ2v) is 3.83. The van der Waals surface area contributed by atoms with Crippen molar-refractivity contribution in [1.29, 1.82) is 0 Å². The molecule has 1 aliphatic rings. The summed E-state index contributed by atoms with van der Waals surface area (Å²) in [6.07, 6.45) is 3.10. The molecule has 1 saturated heterocycles. The summed E-state index contributed by atoms with van der Waals surface area (Å²) in [6.45, 7) is 2.40. The van der Waals surface area contributed by atoms with Crippen molar-refractivity contribution in [2.24, 2.45) is 0 Å². The van der Waals surface area contributed by atoms with E-state index in [1.807, 2.05) is 0 Å². The lowest BCUT2D eigenvalue weighted by molar-refractivity contribution is -0.129. The molecule has 1 amide bonds. The van der Waals surface area contributed by atoms with E-state index in [4.69, 9.17) is 4.74 Å².